The van der Waals surface area contributed by atoms with Crippen LogP contribution in [-0.4, -0.2) is 10.8 Å². The van der Waals surface area contributed by atoms with E-state index in [0.717, 1.165) is 28.0 Å². The second kappa shape index (κ2) is 7.59. The highest BCUT2D eigenvalue weighted by molar-refractivity contribution is 6.04. The predicted molar refractivity (Wildman–Crippen MR) is 120 cm³/mol. The second-order valence-electron chi connectivity index (χ2n) is 8.16. The van der Waals surface area contributed by atoms with E-state index in [0.29, 0.717) is 11.7 Å². The normalized spacial score (nSPS) is 15.0. The van der Waals surface area contributed by atoms with Crippen LogP contribution in [0.5, 0.6) is 0 Å². The minimum absolute atomic E-state index is 0.0538. The molecule has 0 radical (unpaired) electrons. The SMILES string of the molecule is CC(C)(C)C1=Nc2ccccc2/C(=C(\c2ccccc2)c2ccc([N+](=O)[O-])cc2)O1. The number of nitro benzene ring substituents is 1. The van der Waals surface area contributed by atoms with Gasteiger partial charge in [0.1, 0.15) is 5.76 Å². The van der Waals surface area contributed by atoms with Gasteiger partial charge in [0.05, 0.1) is 10.6 Å². The first-order valence-corrected chi connectivity index (χ1v) is 9.75. The summed E-state index contributed by atoms with van der Waals surface area (Å²) in [5.74, 6) is 1.33. The van der Waals surface area contributed by atoms with Gasteiger partial charge >= 0.3 is 0 Å². The molecule has 1 aliphatic heterocycles. The highest BCUT2D eigenvalue weighted by atomic mass is 16.6. The van der Waals surface area contributed by atoms with Crippen molar-refractivity contribution in [2.45, 2.75) is 20.8 Å². The number of rotatable bonds is 3. The molecular formula is C25H22N2O3. The quantitative estimate of drug-likeness (QED) is 0.368. The molecular weight excluding hydrogens is 376 g/mol. The van der Waals surface area contributed by atoms with Crippen molar-refractivity contribution >= 4 is 28.6 Å². The Labute approximate surface area is 175 Å². The molecule has 0 bridgehead atoms. The number of ether oxygens (including phenoxy) is 1. The van der Waals surface area contributed by atoms with Gasteiger partial charge in [-0.2, -0.15) is 0 Å². The van der Waals surface area contributed by atoms with E-state index in [1.807, 2.05) is 54.6 Å². The highest BCUT2D eigenvalue weighted by Crippen LogP contribution is 2.42. The Bertz CT molecular complexity index is 1160. The summed E-state index contributed by atoms with van der Waals surface area (Å²) >= 11 is 0. The van der Waals surface area contributed by atoms with Crippen molar-refractivity contribution in [1.82, 2.24) is 0 Å². The van der Waals surface area contributed by atoms with E-state index in [1.165, 1.54) is 12.1 Å². The summed E-state index contributed by atoms with van der Waals surface area (Å²) in [7, 11) is 0. The Morgan fingerprint density at radius 2 is 1.47 bits per heavy atom. The number of hydrogen-bond acceptors (Lipinski definition) is 4. The third-order valence-electron chi connectivity index (χ3n) is 4.87. The fraction of sp³-hybridized carbons (Fsp3) is 0.160. The van der Waals surface area contributed by atoms with Crippen molar-refractivity contribution in [2.24, 2.45) is 10.4 Å². The number of nitro groups is 1. The van der Waals surface area contributed by atoms with Gasteiger partial charge in [-0.25, -0.2) is 4.99 Å². The number of para-hydroxylation sites is 1. The fourth-order valence-electron chi connectivity index (χ4n) is 3.34. The Morgan fingerprint density at radius 3 is 2.10 bits per heavy atom. The molecule has 0 aromatic heterocycles. The lowest BCUT2D eigenvalue weighted by molar-refractivity contribution is -0.384. The lowest BCUT2D eigenvalue weighted by Gasteiger charge is -2.29. The molecule has 150 valence electrons. The average molecular weight is 398 g/mol. The van der Waals surface area contributed by atoms with Crippen molar-refractivity contribution in [3.05, 3.63) is 106 Å². The second-order valence-corrected chi connectivity index (χ2v) is 8.16. The first-order chi connectivity index (χ1) is 14.3. The minimum Gasteiger partial charge on any atom is -0.441 e. The zero-order valence-electron chi connectivity index (χ0n) is 17.1. The van der Waals surface area contributed by atoms with Crippen LogP contribution in [0.25, 0.3) is 11.3 Å². The first-order valence-electron chi connectivity index (χ1n) is 9.75. The maximum absolute atomic E-state index is 11.1. The maximum Gasteiger partial charge on any atom is 0.269 e. The molecule has 3 aromatic rings. The third kappa shape index (κ3) is 3.74. The standard InChI is InChI=1S/C25H22N2O3/c1-25(2,3)24-26-21-12-8-7-11-20(21)23(30-24)22(17-9-5-4-6-10-17)18-13-15-19(16-14-18)27(28)29/h4-16H,1-3H3/b23-22-. The number of benzene rings is 3. The van der Waals surface area contributed by atoms with E-state index in [1.54, 1.807) is 12.1 Å². The van der Waals surface area contributed by atoms with Gasteiger partial charge < -0.3 is 4.74 Å². The lowest BCUT2D eigenvalue weighted by atomic mass is 9.91. The van der Waals surface area contributed by atoms with Crippen molar-refractivity contribution in [1.29, 1.82) is 0 Å². The molecule has 3 aromatic carbocycles. The number of hydrogen-bond donors (Lipinski definition) is 0. The molecule has 0 aliphatic carbocycles. The zero-order chi connectivity index (χ0) is 21.3. The van der Waals surface area contributed by atoms with Crippen LogP contribution >= 0.6 is 0 Å². The molecule has 0 saturated heterocycles. The van der Waals surface area contributed by atoms with Gasteiger partial charge in [-0.3, -0.25) is 10.1 Å². The molecule has 0 spiro atoms. The minimum atomic E-state index is -0.393. The van der Waals surface area contributed by atoms with Crippen molar-refractivity contribution in [3.8, 4) is 0 Å². The van der Waals surface area contributed by atoms with E-state index in [-0.39, 0.29) is 11.1 Å². The molecule has 30 heavy (non-hydrogen) atoms. The largest absolute Gasteiger partial charge is 0.441 e. The fourth-order valence-corrected chi connectivity index (χ4v) is 3.34. The first kappa shape index (κ1) is 19.6. The zero-order valence-corrected chi connectivity index (χ0v) is 17.1. The molecule has 0 atom stereocenters. The van der Waals surface area contributed by atoms with Gasteiger partial charge in [0.15, 0.2) is 0 Å². The average Bonchev–Trinajstić information content (AvgIpc) is 2.74. The summed E-state index contributed by atoms with van der Waals surface area (Å²) in [6.07, 6.45) is 0. The number of fused-ring (bicyclic) bond motifs is 1. The summed E-state index contributed by atoms with van der Waals surface area (Å²) < 4.78 is 6.42. The smallest absolute Gasteiger partial charge is 0.269 e. The Kier molecular flexibility index (Phi) is 4.96. The van der Waals surface area contributed by atoms with Gasteiger partial charge in [0, 0.05) is 28.7 Å². The molecule has 0 fully saturated rings. The van der Waals surface area contributed by atoms with E-state index in [2.05, 4.69) is 20.8 Å². The van der Waals surface area contributed by atoms with Gasteiger partial charge in [-0.05, 0) is 35.4 Å². The molecule has 0 N–H and O–H groups in total. The van der Waals surface area contributed by atoms with E-state index >= 15 is 0 Å². The van der Waals surface area contributed by atoms with Gasteiger partial charge in [0.25, 0.3) is 5.69 Å². The lowest BCUT2D eigenvalue weighted by Crippen LogP contribution is -2.25. The summed E-state index contributed by atoms with van der Waals surface area (Å²) in [5.41, 5.74) is 4.18. The number of nitrogens with zero attached hydrogens (tertiary/aromatic N) is 2. The summed E-state index contributed by atoms with van der Waals surface area (Å²) in [4.78, 5) is 15.5. The van der Waals surface area contributed by atoms with Crippen LogP contribution in [0, 0.1) is 15.5 Å². The molecule has 0 amide bonds. The summed E-state index contributed by atoms with van der Waals surface area (Å²) in [6.45, 7) is 6.18. The van der Waals surface area contributed by atoms with Gasteiger partial charge in [-0.1, -0.05) is 63.2 Å². The molecule has 4 rings (SSSR count). The van der Waals surface area contributed by atoms with E-state index in [9.17, 15) is 10.1 Å². The predicted octanol–water partition coefficient (Wildman–Crippen LogP) is 6.62. The number of aliphatic imine (C=N–C) groups is 1. The van der Waals surface area contributed by atoms with Crippen LogP contribution in [0.15, 0.2) is 83.9 Å². The maximum atomic E-state index is 11.1. The topological polar surface area (TPSA) is 64.7 Å². The van der Waals surface area contributed by atoms with Crippen molar-refractivity contribution in [2.75, 3.05) is 0 Å². The van der Waals surface area contributed by atoms with Crippen molar-refractivity contribution < 1.29 is 9.66 Å². The van der Waals surface area contributed by atoms with Crippen LogP contribution in [0.4, 0.5) is 11.4 Å². The van der Waals surface area contributed by atoms with Crippen LogP contribution < -0.4 is 0 Å². The molecule has 1 aliphatic rings. The van der Waals surface area contributed by atoms with Gasteiger partial charge in [-0.15, -0.1) is 0 Å². The van der Waals surface area contributed by atoms with Crippen molar-refractivity contribution in [3.63, 3.8) is 0 Å². The molecule has 1 heterocycles. The van der Waals surface area contributed by atoms with Crippen LogP contribution in [0.2, 0.25) is 0 Å². The highest BCUT2D eigenvalue weighted by Gasteiger charge is 2.30. The Balaban J connectivity index is 2.00. The van der Waals surface area contributed by atoms with E-state index < -0.39 is 4.92 Å². The molecule has 0 saturated carbocycles. The Morgan fingerprint density at radius 1 is 0.867 bits per heavy atom. The molecule has 5 nitrogen and oxygen atoms in total. The van der Waals surface area contributed by atoms with Gasteiger partial charge in [0.2, 0.25) is 5.90 Å². The monoisotopic (exact) mass is 398 g/mol. The summed E-state index contributed by atoms with van der Waals surface area (Å²) in [6, 6.07) is 24.4. The number of non-ortho nitro benzene ring substituents is 1. The molecule has 5 heteroatoms. The molecule has 0 unspecified atom stereocenters. The van der Waals surface area contributed by atoms with E-state index in [4.69, 9.17) is 9.73 Å². The Hall–Kier alpha value is -3.73. The summed E-state index contributed by atoms with van der Waals surface area (Å²) in [5, 5.41) is 11.1. The van der Waals surface area contributed by atoms with Crippen LogP contribution in [-0.2, 0) is 4.74 Å². The third-order valence-corrected chi connectivity index (χ3v) is 4.87. The van der Waals surface area contributed by atoms with Crippen LogP contribution in [0.1, 0.15) is 37.5 Å². The van der Waals surface area contributed by atoms with Crippen LogP contribution in [0.3, 0.4) is 0 Å².